The molecule has 0 aromatic heterocycles. The smallest absolute Gasteiger partial charge is 0.185 e. The van der Waals surface area contributed by atoms with E-state index in [1.54, 1.807) is 12.1 Å². The van der Waals surface area contributed by atoms with Crippen molar-refractivity contribution in [1.82, 2.24) is 0 Å². The van der Waals surface area contributed by atoms with E-state index in [9.17, 15) is 9.90 Å². The van der Waals surface area contributed by atoms with Crippen LogP contribution in [0.4, 0.5) is 0 Å². The van der Waals surface area contributed by atoms with E-state index in [1.165, 1.54) is 18.2 Å². The third-order valence-corrected chi connectivity index (χ3v) is 3.15. The number of allylic oxidation sites excluding steroid dienone is 3. The van der Waals surface area contributed by atoms with E-state index in [2.05, 4.69) is 13.2 Å². The molecule has 2 nitrogen and oxygen atoms in total. The predicted octanol–water partition coefficient (Wildman–Crippen LogP) is 4.81. The third-order valence-electron chi connectivity index (χ3n) is 3.15. The van der Waals surface area contributed by atoms with E-state index in [4.69, 9.17) is 0 Å². The van der Waals surface area contributed by atoms with Gasteiger partial charge in [-0.1, -0.05) is 67.8 Å². The predicted molar refractivity (Wildman–Crippen MR) is 87.2 cm³/mol. The van der Waals surface area contributed by atoms with E-state index in [-0.39, 0.29) is 11.5 Å². The second kappa shape index (κ2) is 6.53. The Balaban J connectivity index is 2.69. The number of rotatable bonds is 5. The molecule has 2 heteroatoms. The van der Waals surface area contributed by atoms with Gasteiger partial charge in [-0.05, 0) is 23.3 Å². The van der Waals surface area contributed by atoms with Crippen LogP contribution in [0.5, 0.6) is 0 Å². The molecule has 1 N–H and O–H groups in total. The molecule has 0 radical (unpaired) electrons. The van der Waals surface area contributed by atoms with Crippen LogP contribution in [0.3, 0.4) is 0 Å². The first-order chi connectivity index (χ1) is 10.2. The maximum Gasteiger partial charge on any atom is 0.185 e. The fraction of sp³-hybridized carbons (Fsp3) is 0. The van der Waals surface area contributed by atoms with Crippen molar-refractivity contribution in [3.8, 4) is 11.1 Å². The monoisotopic (exact) mass is 276 g/mol. The van der Waals surface area contributed by atoms with Gasteiger partial charge in [0.25, 0.3) is 0 Å². The highest BCUT2D eigenvalue weighted by Crippen LogP contribution is 2.30. The van der Waals surface area contributed by atoms with E-state index < -0.39 is 0 Å². The molecule has 0 saturated carbocycles. The average Bonchev–Trinajstić information content (AvgIpc) is 2.54. The summed E-state index contributed by atoms with van der Waals surface area (Å²) in [4.78, 5) is 12.0. The molecular weight excluding hydrogens is 260 g/mol. The molecular formula is C19H16O2. The SMILES string of the molecule is C=C/C=C(/O)c1ccccc1-c1ccccc1C(=O)C=C. The summed E-state index contributed by atoms with van der Waals surface area (Å²) < 4.78 is 0. The zero-order valence-electron chi connectivity index (χ0n) is 11.6. The molecule has 2 aromatic carbocycles. The average molecular weight is 276 g/mol. The van der Waals surface area contributed by atoms with Crippen molar-refractivity contribution >= 4 is 11.5 Å². The van der Waals surface area contributed by atoms with Crippen molar-refractivity contribution in [3.63, 3.8) is 0 Å². The number of carbonyl (C=O) groups excluding carboxylic acids is 1. The molecule has 0 heterocycles. The van der Waals surface area contributed by atoms with Crippen molar-refractivity contribution in [1.29, 1.82) is 0 Å². The summed E-state index contributed by atoms with van der Waals surface area (Å²) in [6, 6.07) is 14.7. The van der Waals surface area contributed by atoms with Crippen LogP contribution < -0.4 is 0 Å². The van der Waals surface area contributed by atoms with Gasteiger partial charge in [0.2, 0.25) is 0 Å². The Bertz CT molecular complexity index is 724. The highest BCUT2D eigenvalue weighted by atomic mass is 16.3. The summed E-state index contributed by atoms with van der Waals surface area (Å²) in [6.07, 6.45) is 4.34. The Kier molecular flexibility index (Phi) is 4.52. The van der Waals surface area contributed by atoms with E-state index in [0.29, 0.717) is 11.1 Å². The van der Waals surface area contributed by atoms with Crippen LogP contribution in [0.2, 0.25) is 0 Å². The topological polar surface area (TPSA) is 37.3 Å². The van der Waals surface area contributed by atoms with Gasteiger partial charge >= 0.3 is 0 Å². The Hall–Kier alpha value is -2.87. The molecule has 0 unspecified atom stereocenters. The number of carbonyl (C=O) groups is 1. The number of aliphatic hydroxyl groups excluding tert-OH is 1. The number of benzene rings is 2. The summed E-state index contributed by atoms with van der Waals surface area (Å²) in [5, 5.41) is 10.1. The zero-order valence-corrected chi connectivity index (χ0v) is 11.6. The van der Waals surface area contributed by atoms with Crippen LogP contribution in [-0.4, -0.2) is 10.9 Å². The largest absolute Gasteiger partial charge is 0.507 e. The van der Waals surface area contributed by atoms with E-state index in [1.807, 2.05) is 36.4 Å². The molecule has 21 heavy (non-hydrogen) atoms. The second-order valence-corrected chi connectivity index (χ2v) is 4.45. The lowest BCUT2D eigenvalue weighted by molar-refractivity contribution is 0.104. The molecule has 0 aliphatic heterocycles. The minimum Gasteiger partial charge on any atom is -0.507 e. The quantitative estimate of drug-likeness (QED) is 0.368. The van der Waals surface area contributed by atoms with Crippen molar-refractivity contribution in [2.24, 2.45) is 0 Å². The summed E-state index contributed by atoms with van der Waals surface area (Å²) in [7, 11) is 0. The van der Waals surface area contributed by atoms with Gasteiger partial charge in [0.15, 0.2) is 5.78 Å². The Morgan fingerprint density at radius 1 is 0.905 bits per heavy atom. The molecule has 0 atom stereocenters. The highest BCUT2D eigenvalue weighted by molar-refractivity contribution is 6.09. The number of aliphatic hydroxyl groups is 1. The first kappa shape index (κ1) is 14.5. The minimum absolute atomic E-state index is 0.112. The number of ketones is 1. The van der Waals surface area contributed by atoms with Gasteiger partial charge in [-0.25, -0.2) is 0 Å². The lowest BCUT2D eigenvalue weighted by Gasteiger charge is -2.12. The van der Waals surface area contributed by atoms with E-state index in [0.717, 1.165) is 11.1 Å². The second-order valence-electron chi connectivity index (χ2n) is 4.45. The van der Waals surface area contributed by atoms with Gasteiger partial charge in [0.05, 0.1) is 0 Å². The maximum absolute atomic E-state index is 12.0. The molecule has 2 aromatic rings. The zero-order chi connectivity index (χ0) is 15.2. The molecule has 0 bridgehead atoms. The van der Waals surface area contributed by atoms with E-state index >= 15 is 0 Å². The first-order valence-electron chi connectivity index (χ1n) is 6.56. The van der Waals surface area contributed by atoms with Gasteiger partial charge < -0.3 is 5.11 Å². The molecule has 0 spiro atoms. The first-order valence-corrected chi connectivity index (χ1v) is 6.56. The van der Waals surface area contributed by atoms with Crippen LogP contribution in [0, 0.1) is 0 Å². The molecule has 104 valence electrons. The van der Waals surface area contributed by atoms with Gasteiger partial charge in [0, 0.05) is 11.1 Å². The normalized spacial score (nSPS) is 11.0. The summed E-state index contributed by atoms with van der Waals surface area (Å²) in [6.45, 7) is 7.12. The lowest BCUT2D eigenvalue weighted by Crippen LogP contribution is -1.99. The Morgan fingerprint density at radius 3 is 2.00 bits per heavy atom. The summed E-state index contributed by atoms with van der Waals surface area (Å²) in [5.74, 6) is -0.0333. The van der Waals surface area contributed by atoms with Gasteiger partial charge in [-0.3, -0.25) is 4.79 Å². The van der Waals surface area contributed by atoms with Gasteiger partial charge in [-0.15, -0.1) is 0 Å². The van der Waals surface area contributed by atoms with Crippen molar-refractivity contribution < 1.29 is 9.90 Å². The number of hydrogen-bond donors (Lipinski definition) is 1. The lowest BCUT2D eigenvalue weighted by atomic mass is 9.92. The molecule has 2 rings (SSSR count). The van der Waals surface area contributed by atoms with Crippen LogP contribution in [0.1, 0.15) is 15.9 Å². The van der Waals surface area contributed by atoms with Crippen molar-refractivity contribution in [2.75, 3.05) is 0 Å². The fourth-order valence-corrected chi connectivity index (χ4v) is 2.19. The highest BCUT2D eigenvalue weighted by Gasteiger charge is 2.14. The Morgan fingerprint density at radius 2 is 1.43 bits per heavy atom. The van der Waals surface area contributed by atoms with Crippen LogP contribution in [0.25, 0.3) is 16.9 Å². The van der Waals surface area contributed by atoms with Crippen LogP contribution in [0.15, 0.2) is 79.9 Å². The minimum atomic E-state index is -0.146. The van der Waals surface area contributed by atoms with Gasteiger partial charge in [0.1, 0.15) is 5.76 Å². The fourth-order valence-electron chi connectivity index (χ4n) is 2.19. The molecule has 0 aliphatic rings. The molecule has 0 aliphatic carbocycles. The van der Waals surface area contributed by atoms with Crippen molar-refractivity contribution in [3.05, 3.63) is 91.0 Å². The number of hydrogen-bond acceptors (Lipinski definition) is 2. The Labute approximate surface area is 124 Å². The van der Waals surface area contributed by atoms with Gasteiger partial charge in [-0.2, -0.15) is 0 Å². The summed E-state index contributed by atoms with van der Waals surface area (Å²) in [5.41, 5.74) is 2.77. The molecule has 0 fully saturated rings. The molecule has 0 amide bonds. The molecule has 0 saturated heterocycles. The third kappa shape index (κ3) is 3.00. The van der Waals surface area contributed by atoms with Crippen LogP contribution in [-0.2, 0) is 0 Å². The van der Waals surface area contributed by atoms with Crippen molar-refractivity contribution in [2.45, 2.75) is 0 Å². The standard InChI is InChI=1S/C19H16O2/c1-3-9-19(21)17-13-8-6-11-15(17)14-10-5-7-12-16(14)18(20)4-2/h3-13,21H,1-2H2/b19-9+. The van der Waals surface area contributed by atoms with Crippen LogP contribution >= 0.6 is 0 Å². The summed E-state index contributed by atoms with van der Waals surface area (Å²) >= 11 is 0. The maximum atomic E-state index is 12.0.